The molecule has 6 rings (SSSR count). The Morgan fingerprint density at radius 2 is 1.78 bits per heavy atom. The second-order valence-electron chi connectivity index (χ2n) is 14.1. The number of ether oxygens (including phenoxy) is 2. The van der Waals surface area contributed by atoms with E-state index in [1.165, 1.54) is 16.8 Å². The van der Waals surface area contributed by atoms with Crippen LogP contribution in [0.25, 0.3) is 11.4 Å². The van der Waals surface area contributed by atoms with Crippen LogP contribution in [0.1, 0.15) is 64.8 Å². The highest BCUT2D eigenvalue weighted by Crippen LogP contribution is 2.48. The van der Waals surface area contributed by atoms with Gasteiger partial charge in [0.15, 0.2) is 0 Å². The van der Waals surface area contributed by atoms with E-state index in [1.54, 1.807) is 38.1 Å². The van der Waals surface area contributed by atoms with Gasteiger partial charge in [0.2, 0.25) is 34.1 Å². The van der Waals surface area contributed by atoms with Gasteiger partial charge in [-0.15, -0.1) is 10.2 Å². The second-order valence-corrected chi connectivity index (χ2v) is 16.1. The van der Waals surface area contributed by atoms with Crippen molar-refractivity contribution in [3.63, 3.8) is 0 Å². The summed E-state index contributed by atoms with van der Waals surface area (Å²) in [6.07, 6.45) is -0.825. The minimum atomic E-state index is -4.11. The molecule has 1 saturated heterocycles. The molecule has 4 aliphatic rings. The third-order valence-electron chi connectivity index (χ3n) is 10.1. The lowest BCUT2D eigenvalue weighted by molar-refractivity contribution is -0.142. The van der Waals surface area contributed by atoms with Gasteiger partial charge >= 0.3 is 6.09 Å². The summed E-state index contributed by atoms with van der Waals surface area (Å²) in [5.41, 5.74) is -1.58. The number of alkyl halides is 2. The summed E-state index contributed by atoms with van der Waals surface area (Å²) in [7, 11) is -2.58. The number of tetrazole rings is 1. The number of nitrogens with zero attached hydrogens (tertiary/aromatic N) is 5. The molecule has 4 fully saturated rings. The van der Waals surface area contributed by atoms with Gasteiger partial charge in [-0.3, -0.25) is 19.1 Å². The predicted molar refractivity (Wildman–Crippen MR) is 174 cm³/mol. The maximum atomic E-state index is 14.2. The Morgan fingerprint density at radius 1 is 1.08 bits per heavy atom. The molecule has 1 aromatic carbocycles. The Balaban J connectivity index is 1.24. The highest BCUT2D eigenvalue weighted by atomic mass is 32.2. The van der Waals surface area contributed by atoms with Crippen molar-refractivity contribution < 1.29 is 45.9 Å². The topological polar surface area (TPSA) is 204 Å². The van der Waals surface area contributed by atoms with Crippen LogP contribution >= 0.6 is 0 Å². The molecule has 16 nitrogen and oxygen atoms in total. The molecular weight excluding hydrogens is 694 g/mol. The standard InChI is InChI=1S/C32H42F2N8O8S/c1-17(2)25(35-31(46)50-16-18-5-4-6-18)29(44)41-15-20(42-38-27(37-40-42)19-7-9-21(49-3)10-8-19)13-24(41)28(43)36-32(14-23(32)26(33)34)30(45)39-51(47,48)22-11-12-22/h7-10,17-18,20,22-26H,4-6,11-16H2,1-3H3,(H,35,46)(H,36,43)(H,39,45)/t20-,23+,24?,25+,32-/m1/s1. The number of alkyl carbamates (subject to hydrolysis) is 1. The zero-order valence-corrected chi connectivity index (χ0v) is 29.3. The molecule has 1 aromatic heterocycles. The Morgan fingerprint density at radius 3 is 2.35 bits per heavy atom. The fourth-order valence-electron chi connectivity index (χ4n) is 6.46. The number of nitrogens with one attached hydrogen (secondary N) is 3. The van der Waals surface area contributed by atoms with Crippen molar-refractivity contribution in [3.05, 3.63) is 24.3 Å². The van der Waals surface area contributed by atoms with Crippen LogP contribution in [0.4, 0.5) is 13.6 Å². The Kier molecular flexibility index (Phi) is 10.2. The van der Waals surface area contributed by atoms with Crippen molar-refractivity contribution in [1.82, 2.24) is 40.5 Å². The molecule has 0 bridgehead atoms. The lowest BCUT2D eigenvalue weighted by Gasteiger charge is -2.31. The van der Waals surface area contributed by atoms with E-state index in [0.717, 1.165) is 19.3 Å². The number of rotatable bonds is 14. The number of amides is 4. The third-order valence-corrected chi connectivity index (χ3v) is 11.9. The fourth-order valence-corrected chi connectivity index (χ4v) is 7.83. The predicted octanol–water partition coefficient (Wildman–Crippen LogP) is 1.79. The van der Waals surface area contributed by atoms with E-state index in [9.17, 15) is 36.4 Å². The van der Waals surface area contributed by atoms with Crippen LogP contribution in [-0.2, 0) is 29.1 Å². The summed E-state index contributed by atoms with van der Waals surface area (Å²) >= 11 is 0. The quantitative estimate of drug-likeness (QED) is 0.255. The molecule has 4 amide bonds. The number of carbonyl (C=O) groups excluding carboxylic acids is 4. The van der Waals surface area contributed by atoms with Gasteiger partial charge in [0.05, 0.1) is 30.9 Å². The van der Waals surface area contributed by atoms with Crippen LogP contribution in [0.2, 0.25) is 0 Å². The molecule has 1 unspecified atom stereocenters. The molecule has 0 spiro atoms. The van der Waals surface area contributed by atoms with Crippen molar-refractivity contribution in [2.24, 2.45) is 17.8 Å². The third kappa shape index (κ3) is 7.77. The molecule has 19 heteroatoms. The molecule has 3 saturated carbocycles. The SMILES string of the molecule is COc1ccc(-c2nnn([C@@H]3CC(C(=O)N[C@]4(C(=O)NS(=O)(=O)C5CC5)C[C@H]4C(F)F)N(C(=O)[C@@H](NC(=O)OCC4CCC4)C(C)C)C3)n2)cc1. The first-order chi connectivity index (χ1) is 24.2. The minimum Gasteiger partial charge on any atom is -0.497 e. The molecule has 3 N–H and O–H groups in total. The summed E-state index contributed by atoms with van der Waals surface area (Å²) < 4.78 is 65.5. The number of carbonyl (C=O) groups is 4. The van der Waals surface area contributed by atoms with E-state index >= 15 is 0 Å². The number of sulfonamides is 1. The maximum absolute atomic E-state index is 14.2. The number of likely N-dealkylation sites (tertiary alicyclic amines) is 1. The summed E-state index contributed by atoms with van der Waals surface area (Å²) in [6, 6.07) is 3.69. The molecule has 3 aliphatic carbocycles. The van der Waals surface area contributed by atoms with Gasteiger partial charge in [-0.2, -0.15) is 4.80 Å². The number of methoxy groups -OCH3 is 1. The molecular formula is C32H42F2N8O8S. The molecule has 51 heavy (non-hydrogen) atoms. The summed E-state index contributed by atoms with van der Waals surface area (Å²) in [5, 5.41) is 16.9. The molecule has 0 radical (unpaired) electrons. The lowest BCUT2D eigenvalue weighted by Crippen LogP contribution is -2.59. The van der Waals surface area contributed by atoms with Gasteiger partial charge in [-0.25, -0.2) is 22.0 Å². The molecule has 278 valence electrons. The molecule has 2 aromatic rings. The molecule has 1 aliphatic heterocycles. The van der Waals surface area contributed by atoms with Crippen molar-refractivity contribution in [2.75, 3.05) is 20.3 Å². The van der Waals surface area contributed by atoms with E-state index in [4.69, 9.17) is 9.47 Å². The first-order valence-corrected chi connectivity index (χ1v) is 18.6. The maximum Gasteiger partial charge on any atom is 0.407 e. The first-order valence-electron chi connectivity index (χ1n) is 17.1. The molecule has 2 heterocycles. The van der Waals surface area contributed by atoms with Gasteiger partial charge in [0.1, 0.15) is 23.4 Å². The second kappa shape index (κ2) is 14.3. The van der Waals surface area contributed by atoms with E-state index in [-0.39, 0.29) is 31.3 Å². The highest BCUT2D eigenvalue weighted by Gasteiger charge is 2.66. The van der Waals surface area contributed by atoms with Crippen molar-refractivity contribution in [1.29, 1.82) is 0 Å². The Labute approximate surface area is 293 Å². The monoisotopic (exact) mass is 736 g/mol. The Hall–Kier alpha value is -4.42. The average molecular weight is 737 g/mol. The summed E-state index contributed by atoms with van der Waals surface area (Å²) in [4.78, 5) is 56.7. The number of aromatic nitrogens is 4. The van der Waals surface area contributed by atoms with Crippen molar-refractivity contribution >= 4 is 33.8 Å². The van der Waals surface area contributed by atoms with Crippen LogP contribution in [0.3, 0.4) is 0 Å². The van der Waals surface area contributed by atoms with E-state index < -0.39 is 87.4 Å². The van der Waals surface area contributed by atoms with Gasteiger partial charge < -0.3 is 25.0 Å². The van der Waals surface area contributed by atoms with Crippen LogP contribution in [0, 0.1) is 17.8 Å². The van der Waals surface area contributed by atoms with Gasteiger partial charge in [-0.05, 0) is 73.4 Å². The highest BCUT2D eigenvalue weighted by molar-refractivity contribution is 7.91. The van der Waals surface area contributed by atoms with Crippen LogP contribution in [0.5, 0.6) is 5.75 Å². The van der Waals surface area contributed by atoms with Crippen molar-refractivity contribution in [2.45, 2.75) is 94.1 Å². The van der Waals surface area contributed by atoms with Crippen molar-refractivity contribution in [3.8, 4) is 17.1 Å². The molecule has 5 atom stereocenters. The Bertz CT molecular complexity index is 1750. The zero-order chi connectivity index (χ0) is 36.7. The fraction of sp³-hybridized carbons (Fsp3) is 0.656. The number of benzene rings is 1. The van der Waals surface area contributed by atoms with E-state index in [0.29, 0.717) is 24.2 Å². The van der Waals surface area contributed by atoms with Gasteiger partial charge in [0.25, 0.3) is 5.91 Å². The normalized spacial score (nSPS) is 25.2. The summed E-state index contributed by atoms with van der Waals surface area (Å²) in [5.74, 6) is -3.82. The van der Waals surface area contributed by atoms with E-state index in [1.807, 2.05) is 4.72 Å². The lowest BCUT2D eigenvalue weighted by atomic mass is 9.86. The average Bonchev–Trinajstić information content (AvgIpc) is 3.95. The van der Waals surface area contributed by atoms with Crippen LogP contribution < -0.4 is 20.1 Å². The van der Waals surface area contributed by atoms with Crippen LogP contribution in [-0.4, -0.2) is 107 Å². The van der Waals surface area contributed by atoms with Crippen LogP contribution in [0.15, 0.2) is 24.3 Å². The number of hydrogen-bond acceptors (Lipinski definition) is 11. The number of halogens is 2. The largest absolute Gasteiger partial charge is 0.497 e. The summed E-state index contributed by atoms with van der Waals surface area (Å²) in [6.45, 7) is 3.48. The zero-order valence-electron chi connectivity index (χ0n) is 28.5. The smallest absolute Gasteiger partial charge is 0.407 e. The minimum absolute atomic E-state index is 0.107. The van der Waals surface area contributed by atoms with Gasteiger partial charge in [0, 0.05) is 18.5 Å². The van der Waals surface area contributed by atoms with E-state index in [2.05, 4.69) is 26.0 Å². The first kappa shape index (κ1) is 36.4. The van der Waals surface area contributed by atoms with Gasteiger partial charge in [-0.1, -0.05) is 20.3 Å². The number of hydrogen-bond donors (Lipinski definition) is 3.